The summed E-state index contributed by atoms with van der Waals surface area (Å²) in [7, 11) is 1.64. The number of ether oxygens (including phenoxy) is 1. The summed E-state index contributed by atoms with van der Waals surface area (Å²) in [6.07, 6.45) is 0. The summed E-state index contributed by atoms with van der Waals surface area (Å²) in [6.45, 7) is 0. The zero-order chi connectivity index (χ0) is 13.7. The van der Waals surface area contributed by atoms with Gasteiger partial charge in [-0.2, -0.15) is 0 Å². The zero-order valence-electron chi connectivity index (χ0n) is 10.5. The Morgan fingerprint density at radius 1 is 1.21 bits per heavy atom. The fraction of sp³-hybridized carbons (Fsp3) is 0.133. The van der Waals surface area contributed by atoms with E-state index in [1.165, 1.54) is 0 Å². The lowest BCUT2D eigenvalue weighted by atomic mass is 10.1. The normalized spacial score (nSPS) is 10.2. The molecule has 0 spiro atoms. The van der Waals surface area contributed by atoms with Crippen molar-refractivity contribution in [3.05, 3.63) is 59.7 Å². The van der Waals surface area contributed by atoms with Crippen LogP contribution in [0.25, 0.3) is 0 Å². The Balaban J connectivity index is 2.05. The Hall–Kier alpha value is -1.94. The third-order valence-electron chi connectivity index (χ3n) is 2.62. The molecule has 0 aliphatic carbocycles. The molecule has 0 heterocycles. The molecule has 0 amide bonds. The van der Waals surface area contributed by atoms with Crippen LogP contribution in [0.15, 0.2) is 53.4 Å². The van der Waals surface area contributed by atoms with E-state index in [9.17, 15) is 4.79 Å². The van der Waals surface area contributed by atoms with E-state index in [1.54, 1.807) is 37.1 Å². The lowest BCUT2D eigenvalue weighted by Gasteiger charge is -2.05. The van der Waals surface area contributed by atoms with Gasteiger partial charge in [-0.05, 0) is 35.9 Å². The van der Waals surface area contributed by atoms with Crippen LogP contribution in [0.5, 0.6) is 5.75 Å². The van der Waals surface area contributed by atoms with Gasteiger partial charge in [0.2, 0.25) is 0 Å². The van der Waals surface area contributed by atoms with Crippen LogP contribution in [-0.4, -0.2) is 18.2 Å². The van der Waals surface area contributed by atoms with E-state index < -0.39 is 5.97 Å². The first-order valence-electron chi connectivity index (χ1n) is 5.78. The van der Waals surface area contributed by atoms with Crippen LogP contribution in [0.2, 0.25) is 0 Å². The summed E-state index contributed by atoms with van der Waals surface area (Å²) < 4.78 is 5.17. The molecule has 3 nitrogen and oxygen atoms in total. The Morgan fingerprint density at radius 3 is 2.74 bits per heavy atom. The quantitative estimate of drug-likeness (QED) is 0.845. The molecule has 98 valence electrons. The Bertz CT molecular complexity index is 581. The maximum atomic E-state index is 10.9. The molecular weight excluding hydrogens is 260 g/mol. The first kappa shape index (κ1) is 13.5. The zero-order valence-corrected chi connectivity index (χ0v) is 11.3. The fourth-order valence-electron chi connectivity index (χ4n) is 1.65. The minimum atomic E-state index is -0.895. The molecule has 0 radical (unpaired) electrons. The van der Waals surface area contributed by atoms with Gasteiger partial charge < -0.3 is 9.84 Å². The highest BCUT2D eigenvalue weighted by atomic mass is 32.2. The predicted octanol–water partition coefficient (Wildman–Crippen LogP) is 3.69. The summed E-state index contributed by atoms with van der Waals surface area (Å²) >= 11 is 1.65. The lowest BCUT2D eigenvalue weighted by Crippen LogP contribution is -1.96. The lowest BCUT2D eigenvalue weighted by molar-refractivity contribution is 0.0697. The molecule has 0 unspecified atom stereocenters. The molecule has 0 saturated heterocycles. The molecule has 0 atom stereocenters. The minimum absolute atomic E-state index is 0.323. The van der Waals surface area contributed by atoms with Crippen LogP contribution in [0.3, 0.4) is 0 Å². The molecule has 1 N–H and O–H groups in total. The maximum Gasteiger partial charge on any atom is 0.335 e. The van der Waals surface area contributed by atoms with Gasteiger partial charge in [0, 0.05) is 10.6 Å². The highest BCUT2D eigenvalue weighted by Crippen LogP contribution is 2.26. The van der Waals surface area contributed by atoms with Crippen molar-refractivity contribution in [2.45, 2.75) is 10.6 Å². The van der Waals surface area contributed by atoms with Gasteiger partial charge in [0.15, 0.2) is 0 Å². The molecule has 4 heteroatoms. The largest absolute Gasteiger partial charge is 0.497 e. The van der Waals surface area contributed by atoms with Gasteiger partial charge in [-0.3, -0.25) is 0 Å². The number of methoxy groups -OCH3 is 1. The van der Waals surface area contributed by atoms with Crippen molar-refractivity contribution in [3.8, 4) is 5.75 Å². The molecule has 0 saturated carbocycles. The standard InChI is InChI=1S/C15H14O3S/c1-18-13-6-3-7-14(9-13)19-10-11-4-2-5-12(8-11)15(16)17/h2-9H,10H2,1H3,(H,16,17). The van der Waals surface area contributed by atoms with Crippen LogP contribution in [0, 0.1) is 0 Å². The number of carboxylic acid groups (broad SMARTS) is 1. The first-order chi connectivity index (χ1) is 9.19. The SMILES string of the molecule is COc1cccc(SCc2cccc(C(=O)O)c2)c1. The molecular formula is C15H14O3S. The van der Waals surface area contributed by atoms with E-state index in [0.29, 0.717) is 5.56 Å². The van der Waals surface area contributed by atoms with Crippen LogP contribution >= 0.6 is 11.8 Å². The molecule has 2 aromatic rings. The smallest absolute Gasteiger partial charge is 0.335 e. The van der Waals surface area contributed by atoms with Gasteiger partial charge in [0.1, 0.15) is 5.75 Å². The van der Waals surface area contributed by atoms with Crippen molar-refractivity contribution in [2.75, 3.05) is 7.11 Å². The minimum Gasteiger partial charge on any atom is -0.497 e. The van der Waals surface area contributed by atoms with Gasteiger partial charge in [0.25, 0.3) is 0 Å². The van der Waals surface area contributed by atoms with Crippen LogP contribution in [0.1, 0.15) is 15.9 Å². The van der Waals surface area contributed by atoms with E-state index in [2.05, 4.69) is 0 Å². The summed E-state index contributed by atoms with van der Waals surface area (Å²) in [6, 6.07) is 14.8. The van der Waals surface area contributed by atoms with Gasteiger partial charge in [-0.25, -0.2) is 4.79 Å². The molecule has 2 rings (SSSR count). The number of carbonyl (C=O) groups is 1. The predicted molar refractivity (Wildman–Crippen MR) is 76.0 cm³/mol. The van der Waals surface area contributed by atoms with E-state index in [4.69, 9.17) is 9.84 Å². The summed E-state index contributed by atoms with van der Waals surface area (Å²) in [5.74, 6) is 0.659. The first-order valence-corrected chi connectivity index (χ1v) is 6.76. The third kappa shape index (κ3) is 3.76. The van der Waals surface area contributed by atoms with Crippen molar-refractivity contribution in [3.63, 3.8) is 0 Å². The number of thioether (sulfide) groups is 1. The van der Waals surface area contributed by atoms with Gasteiger partial charge in [-0.15, -0.1) is 11.8 Å². The fourth-order valence-corrected chi connectivity index (χ4v) is 2.54. The average Bonchev–Trinajstić information content (AvgIpc) is 2.45. The van der Waals surface area contributed by atoms with E-state index in [-0.39, 0.29) is 0 Å². The monoisotopic (exact) mass is 274 g/mol. The number of hydrogen-bond donors (Lipinski definition) is 1. The van der Waals surface area contributed by atoms with Gasteiger partial charge >= 0.3 is 5.97 Å². The van der Waals surface area contributed by atoms with Crippen molar-refractivity contribution in [1.29, 1.82) is 0 Å². The molecule has 2 aromatic carbocycles. The van der Waals surface area contributed by atoms with Crippen molar-refractivity contribution >= 4 is 17.7 Å². The summed E-state index contributed by atoms with van der Waals surface area (Å²) in [5.41, 5.74) is 1.32. The highest BCUT2D eigenvalue weighted by molar-refractivity contribution is 7.98. The van der Waals surface area contributed by atoms with Crippen LogP contribution in [-0.2, 0) is 5.75 Å². The molecule has 0 bridgehead atoms. The number of rotatable bonds is 5. The number of hydrogen-bond acceptors (Lipinski definition) is 3. The molecule has 0 fully saturated rings. The topological polar surface area (TPSA) is 46.5 Å². The van der Waals surface area contributed by atoms with Crippen molar-refractivity contribution in [2.24, 2.45) is 0 Å². The van der Waals surface area contributed by atoms with E-state index in [1.807, 2.05) is 30.3 Å². The summed E-state index contributed by atoms with van der Waals surface area (Å²) in [4.78, 5) is 12.0. The van der Waals surface area contributed by atoms with Gasteiger partial charge in [-0.1, -0.05) is 18.2 Å². The van der Waals surface area contributed by atoms with E-state index in [0.717, 1.165) is 22.0 Å². The second-order valence-corrected chi connectivity index (χ2v) is 5.02. The van der Waals surface area contributed by atoms with Crippen molar-refractivity contribution in [1.82, 2.24) is 0 Å². The Kier molecular flexibility index (Phi) is 4.47. The number of aromatic carboxylic acids is 1. The van der Waals surface area contributed by atoms with Crippen LogP contribution in [0.4, 0.5) is 0 Å². The van der Waals surface area contributed by atoms with Gasteiger partial charge in [0.05, 0.1) is 12.7 Å². The summed E-state index contributed by atoms with van der Waals surface area (Å²) in [5, 5.41) is 8.94. The second-order valence-electron chi connectivity index (χ2n) is 3.97. The number of carboxylic acids is 1. The molecule has 0 aliphatic heterocycles. The molecule has 0 aromatic heterocycles. The highest BCUT2D eigenvalue weighted by Gasteiger charge is 2.04. The van der Waals surface area contributed by atoms with E-state index >= 15 is 0 Å². The molecule has 0 aliphatic rings. The van der Waals surface area contributed by atoms with Crippen molar-refractivity contribution < 1.29 is 14.6 Å². The Labute approximate surface area is 116 Å². The Morgan fingerprint density at radius 2 is 2.00 bits per heavy atom. The van der Waals surface area contributed by atoms with Crippen LogP contribution < -0.4 is 4.74 Å². The third-order valence-corrected chi connectivity index (χ3v) is 3.69. The average molecular weight is 274 g/mol. The number of benzene rings is 2. The second kappa shape index (κ2) is 6.29. The maximum absolute atomic E-state index is 10.9. The molecule has 19 heavy (non-hydrogen) atoms.